The molecule has 0 aliphatic heterocycles. The van der Waals surface area contributed by atoms with Crippen LogP contribution in [0, 0.1) is 0 Å². The highest BCUT2D eigenvalue weighted by atomic mass is 35.5. The zero-order valence-electron chi connectivity index (χ0n) is 9.04. The highest BCUT2D eigenvalue weighted by Gasteiger charge is 2.33. The molecule has 1 aromatic heterocycles. The molecule has 6 heteroatoms. The van der Waals surface area contributed by atoms with E-state index in [0.717, 1.165) is 11.6 Å². The van der Waals surface area contributed by atoms with Crippen LogP contribution in [0.2, 0.25) is 5.02 Å². The van der Waals surface area contributed by atoms with E-state index in [9.17, 15) is 13.2 Å². The van der Waals surface area contributed by atoms with E-state index in [1.807, 2.05) is 16.8 Å². The van der Waals surface area contributed by atoms with Crippen LogP contribution in [0.15, 0.2) is 35.0 Å². The van der Waals surface area contributed by atoms with Crippen molar-refractivity contribution in [3.63, 3.8) is 0 Å². The third-order valence-corrected chi connectivity index (χ3v) is 3.57. The monoisotopic (exact) mass is 291 g/mol. The van der Waals surface area contributed by atoms with Gasteiger partial charge in [-0.05, 0) is 40.1 Å². The summed E-state index contributed by atoms with van der Waals surface area (Å²) in [6, 6.07) is 4.96. The van der Waals surface area contributed by atoms with E-state index in [0.29, 0.717) is 5.56 Å². The van der Waals surface area contributed by atoms with Crippen LogP contribution >= 0.6 is 22.9 Å². The highest BCUT2D eigenvalue weighted by Crippen LogP contribution is 2.36. The van der Waals surface area contributed by atoms with Gasteiger partial charge in [0.2, 0.25) is 0 Å². The molecule has 96 valence electrons. The molecule has 18 heavy (non-hydrogen) atoms. The molecule has 1 atom stereocenters. The Kier molecular flexibility index (Phi) is 3.66. The lowest BCUT2D eigenvalue weighted by atomic mass is 10.0. The Hall–Kier alpha value is -1.04. The zero-order chi connectivity index (χ0) is 13.3. The van der Waals surface area contributed by atoms with Crippen LogP contribution in [0.3, 0.4) is 0 Å². The molecule has 0 spiro atoms. The van der Waals surface area contributed by atoms with Crippen LogP contribution in [0.25, 0.3) is 0 Å². The summed E-state index contributed by atoms with van der Waals surface area (Å²) in [7, 11) is 0. The van der Waals surface area contributed by atoms with Crippen molar-refractivity contribution in [2.24, 2.45) is 5.73 Å². The minimum Gasteiger partial charge on any atom is -0.320 e. The lowest BCUT2D eigenvalue weighted by Crippen LogP contribution is -2.12. The van der Waals surface area contributed by atoms with E-state index < -0.39 is 17.8 Å². The summed E-state index contributed by atoms with van der Waals surface area (Å²) >= 11 is 7.13. The molecule has 0 unspecified atom stereocenters. The van der Waals surface area contributed by atoms with Gasteiger partial charge in [-0.3, -0.25) is 0 Å². The molecule has 0 saturated carbocycles. The van der Waals surface area contributed by atoms with Gasteiger partial charge in [0, 0.05) is 0 Å². The van der Waals surface area contributed by atoms with Crippen molar-refractivity contribution in [1.82, 2.24) is 0 Å². The molecule has 1 aromatic carbocycles. The fraction of sp³-hybridized carbons (Fsp3) is 0.167. The summed E-state index contributed by atoms with van der Waals surface area (Å²) in [5, 5.41) is 3.39. The van der Waals surface area contributed by atoms with Crippen molar-refractivity contribution >= 4 is 22.9 Å². The molecular weight excluding hydrogens is 283 g/mol. The average Bonchev–Trinajstić information content (AvgIpc) is 2.79. The van der Waals surface area contributed by atoms with E-state index in [1.165, 1.54) is 23.5 Å². The number of nitrogens with two attached hydrogens (primary N) is 1. The first-order valence-corrected chi connectivity index (χ1v) is 6.36. The summed E-state index contributed by atoms with van der Waals surface area (Å²) in [5.41, 5.74) is 6.53. The predicted molar refractivity (Wildman–Crippen MR) is 66.8 cm³/mol. The maximum absolute atomic E-state index is 12.5. The second kappa shape index (κ2) is 4.91. The van der Waals surface area contributed by atoms with Crippen molar-refractivity contribution in [3.05, 3.63) is 56.7 Å². The number of halogens is 4. The van der Waals surface area contributed by atoms with Gasteiger partial charge in [0.1, 0.15) is 0 Å². The number of hydrogen-bond donors (Lipinski definition) is 1. The quantitative estimate of drug-likeness (QED) is 0.868. The second-order valence-electron chi connectivity index (χ2n) is 3.77. The Bertz CT molecular complexity index is 537. The van der Waals surface area contributed by atoms with Crippen molar-refractivity contribution in [2.45, 2.75) is 12.2 Å². The Morgan fingerprint density at radius 1 is 1.17 bits per heavy atom. The summed E-state index contributed by atoms with van der Waals surface area (Å²) in [4.78, 5) is 0. The van der Waals surface area contributed by atoms with Gasteiger partial charge in [0.25, 0.3) is 0 Å². The number of rotatable bonds is 2. The second-order valence-corrected chi connectivity index (χ2v) is 4.96. The molecule has 0 aliphatic carbocycles. The lowest BCUT2D eigenvalue weighted by Gasteiger charge is -2.14. The van der Waals surface area contributed by atoms with Gasteiger partial charge in [-0.2, -0.15) is 24.5 Å². The topological polar surface area (TPSA) is 26.0 Å². The van der Waals surface area contributed by atoms with Gasteiger partial charge in [0.05, 0.1) is 16.6 Å². The number of alkyl halides is 3. The van der Waals surface area contributed by atoms with Crippen molar-refractivity contribution < 1.29 is 13.2 Å². The van der Waals surface area contributed by atoms with Gasteiger partial charge < -0.3 is 5.73 Å². The Morgan fingerprint density at radius 2 is 1.89 bits per heavy atom. The van der Waals surface area contributed by atoms with Gasteiger partial charge in [0.15, 0.2) is 0 Å². The molecule has 0 aliphatic rings. The van der Waals surface area contributed by atoms with Crippen molar-refractivity contribution in [3.8, 4) is 0 Å². The maximum atomic E-state index is 12.5. The minimum atomic E-state index is -4.44. The number of hydrogen-bond acceptors (Lipinski definition) is 2. The van der Waals surface area contributed by atoms with E-state index in [-0.39, 0.29) is 5.02 Å². The van der Waals surface area contributed by atoms with Gasteiger partial charge in [-0.15, -0.1) is 0 Å². The average molecular weight is 292 g/mol. The molecule has 0 saturated heterocycles. The predicted octanol–water partition coefficient (Wildman–Crippen LogP) is 4.47. The van der Waals surface area contributed by atoms with E-state index in [2.05, 4.69) is 0 Å². The van der Waals surface area contributed by atoms with Crippen molar-refractivity contribution in [2.75, 3.05) is 0 Å². The summed E-state index contributed by atoms with van der Waals surface area (Å²) in [6.07, 6.45) is -4.44. The van der Waals surface area contributed by atoms with Gasteiger partial charge in [-0.1, -0.05) is 17.7 Å². The molecule has 0 radical (unpaired) electrons. The Labute approximate surface area is 111 Å². The first kappa shape index (κ1) is 13.4. The molecule has 1 heterocycles. The highest BCUT2D eigenvalue weighted by molar-refractivity contribution is 7.08. The molecule has 1 nitrogen and oxygen atoms in total. The molecule has 2 N–H and O–H groups in total. The smallest absolute Gasteiger partial charge is 0.320 e. The van der Waals surface area contributed by atoms with Crippen LogP contribution in [-0.4, -0.2) is 0 Å². The van der Waals surface area contributed by atoms with Crippen LogP contribution < -0.4 is 5.73 Å². The van der Waals surface area contributed by atoms with Crippen LogP contribution in [0.1, 0.15) is 22.7 Å². The number of thiophene rings is 1. The normalized spacial score (nSPS) is 13.6. The first-order chi connectivity index (χ1) is 8.39. The molecule has 2 rings (SSSR count). The van der Waals surface area contributed by atoms with E-state index in [1.54, 1.807) is 0 Å². The summed E-state index contributed by atoms with van der Waals surface area (Å²) in [5.74, 6) is 0. The van der Waals surface area contributed by atoms with E-state index >= 15 is 0 Å². The third-order valence-electron chi connectivity index (χ3n) is 2.56. The molecule has 0 amide bonds. The van der Waals surface area contributed by atoms with Crippen LogP contribution in [0.5, 0.6) is 0 Å². The Morgan fingerprint density at radius 3 is 2.39 bits per heavy atom. The zero-order valence-corrected chi connectivity index (χ0v) is 10.6. The molecule has 0 bridgehead atoms. The minimum absolute atomic E-state index is 0.328. The third kappa shape index (κ3) is 2.68. The molecule has 2 aromatic rings. The summed E-state index contributed by atoms with van der Waals surface area (Å²) in [6.45, 7) is 0. The Balaban J connectivity index is 2.35. The fourth-order valence-electron chi connectivity index (χ4n) is 1.60. The largest absolute Gasteiger partial charge is 0.417 e. The van der Waals surface area contributed by atoms with Crippen LogP contribution in [0.4, 0.5) is 13.2 Å². The fourth-order valence-corrected chi connectivity index (χ4v) is 2.59. The lowest BCUT2D eigenvalue weighted by molar-refractivity contribution is -0.137. The summed E-state index contributed by atoms with van der Waals surface area (Å²) < 4.78 is 37.6. The number of benzene rings is 1. The maximum Gasteiger partial charge on any atom is 0.417 e. The molecular formula is C12H9ClF3NS. The van der Waals surface area contributed by atoms with E-state index in [4.69, 9.17) is 17.3 Å². The van der Waals surface area contributed by atoms with Gasteiger partial charge >= 0.3 is 6.18 Å². The standard InChI is InChI=1S/C12H9ClF3NS/c13-10-5-7(1-2-9(10)12(14,15)16)11(17)8-3-4-18-6-8/h1-6,11H,17H2/t11-/m1/s1. The SMILES string of the molecule is N[C@@H](c1ccsc1)c1ccc(C(F)(F)F)c(Cl)c1. The van der Waals surface area contributed by atoms with Gasteiger partial charge in [-0.25, -0.2) is 0 Å². The molecule has 0 fully saturated rings. The van der Waals surface area contributed by atoms with Crippen LogP contribution in [-0.2, 0) is 6.18 Å². The first-order valence-electron chi connectivity index (χ1n) is 5.04. The van der Waals surface area contributed by atoms with Crippen molar-refractivity contribution in [1.29, 1.82) is 0 Å².